The van der Waals surface area contributed by atoms with Gasteiger partial charge in [-0.2, -0.15) is 4.31 Å². The molecule has 152 valence electrons. The molecule has 0 aliphatic carbocycles. The fourth-order valence-electron chi connectivity index (χ4n) is 3.39. The maximum Gasteiger partial charge on any atom is 0.336 e. The molecule has 1 fully saturated rings. The first-order valence-corrected chi connectivity index (χ1v) is 10.7. The monoisotopic (exact) mass is 409 g/mol. The van der Waals surface area contributed by atoms with Gasteiger partial charge >= 0.3 is 11.6 Å². The molecule has 0 saturated carbocycles. The Morgan fingerprint density at radius 3 is 2.82 bits per heavy atom. The minimum absolute atomic E-state index is 0.00296. The number of carbonyl (C=O) groups is 1. The second kappa shape index (κ2) is 8.32. The molecule has 28 heavy (non-hydrogen) atoms. The van der Waals surface area contributed by atoms with Crippen LogP contribution in [0.25, 0.3) is 11.0 Å². The molecule has 9 heteroatoms. The number of carbonyl (C=O) groups excluding carboxylic acids is 1. The van der Waals surface area contributed by atoms with Crippen LogP contribution in [0.5, 0.6) is 5.75 Å². The van der Waals surface area contributed by atoms with Crippen molar-refractivity contribution in [3.63, 3.8) is 0 Å². The molecular formula is C19H23NO7S. The van der Waals surface area contributed by atoms with Crippen molar-refractivity contribution in [3.8, 4) is 5.75 Å². The number of rotatable bonds is 7. The molecule has 0 amide bonds. The number of hydrogen-bond donors (Lipinski definition) is 0. The number of ether oxygens (including phenoxy) is 2. The molecule has 1 aromatic heterocycles. The van der Waals surface area contributed by atoms with Crippen molar-refractivity contribution >= 4 is 27.0 Å². The lowest BCUT2D eigenvalue weighted by Crippen LogP contribution is -2.42. The fraction of sp³-hybridized carbons (Fsp3) is 0.474. The first-order valence-electron chi connectivity index (χ1n) is 9.12. The first kappa shape index (κ1) is 20.3. The second-order valence-electron chi connectivity index (χ2n) is 6.65. The number of esters is 1. The van der Waals surface area contributed by atoms with E-state index in [9.17, 15) is 18.0 Å². The van der Waals surface area contributed by atoms with Crippen molar-refractivity contribution in [2.24, 2.45) is 0 Å². The maximum atomic E-state index is 12.6. The standard InChI is InChI=1S/C19H23NO7S/c1-3-9-28(23,24)20-8-4-5-16(20)19(22)26-12-13-10-18(21)27-17-11-14(25-2)6-7-15(13)17/h6-7,10-11,16H,3-5,8-9,12H2,1-2H3. The van der Waals surface area contributed by atoms with Gasteiger partial charge in [0.25, 0.3) is 0 Å². The summed E-state index contributed by atoms with van der Waals surface area (Å²) < 4.78 is 41.6. The van der Waals surface area contributed by atoms with E-state index in [0.717, 1.165) is 0 Å². The minimum Gasteiger partial charge on any atom is -0.497 e. The van der Waals surface area contributed by atoms with Crippen LogP contribution in [0.1, 0.15) is 31.7 Å². The number of benzene rings is 1. The van der Waals surface area contributed by atoms with Crippen LogP contribution in [0, 0.1) is 0 Å². The van der Waals surface area contributed by atoms with E-state index in [2.05, 4.69) is 0 Å². The predicted octanol–water partition coefficient (Wildman–Crippen LogP) is 2.05. The lowest BCUT2D eigenvalue weighted by atomic mass is 10.1. The van der Waals surface area contributed by atoms with E-state index < -0.39 is 27.7 Å². The molecule has 0 spiro atoms. The van der Waals surface area contributed by atoms with Gasteiger partial charge in [-0.3, -0.25) is 4.79 Å². The van der Waals surface area contributed by atoms with E-state index >= 15 is 0 Å². The van der Waals surface area contributed by atoms with Crippen LogP contribution in [0.4, 0.5) is 0 Å². The summed E-state index contributed by atoms with van der Waals surface area (Å²) >= 11 is 0. The Hall–Kier alpha value is -2.39. The average Bonchev–Trinajstić information content (AvgIpc) is 3.16. The van der Waals surface area contributed by atoms with E-state index in [1.54, 1.807) is 25.1 Å². The van der Waals surface area contributed by atoms with E-state index in [1.807, 2.05) is 0 Å². The summed E-state index contributed by atoms with van der Waals surface area (Å²) in [6.45, 7) is 1.95. The Morgan fingerprint density at radius 1 is 1.32 bits per heavy atom. The van der Waals surface area contributed by atoms with Gasteiger partial charge in [0, 0.05) is 29.6 Å². The molecular weight excluding hydrogens is 386 g/mol. The van der Waals surface area contributed by atoms with E-state index in [-0.39, 0.29) is 12.4 Å². The third kappa shape index (κ3) is 4.20. The summed E-state index contributed by atoms with van der Waals surface area (Å²) in [5.41, 5.74) is 0.244. The molecule has 3 rings (SSSR count). The van der Waals surface area contributed by atoms with Gasteiger partial charge in [-0.1, -0.05) is 6.92 Å². The Kier molecular flexibility index (Phi) is 6.04. The van der Waals surface area contributed by atoms with Crippen LogP contribution in [0.15, 0.2) is 33.5 Å². The lowest BCUT2D eigenvalue weighted by molar-refractivity contribution is -0.148. The Labute approximate surface area is 163 Å². The highest BCUT2D eigenvalue weighted by Gasteiger charge is 2.39. The zero-order valence-corrected chi connectivity index (χ0v) is 16.7. The topological polar surface area (TPSA) is 103 Å². The van der Waals surface area contributed by atoms with Crippen molar-refractivity contribution in [2.75, 3.05) is 19.4 Å². The highest BCUT2D eigenvalue weighted by atomic mass is 32.2. The van der Waals surface area contributed by atoms with Gasteiger partial charge in [0.2, 0.25) is 10.0 Å². The van der Waals surface area contributed by atoms with Gasteiger partial charge < -0.3 is 13.9 Å². The largest absolute Gasteiger partial charge is 0.497 e. The van der Waals surface area contributed by atoms with Crippen LogP contribution in [-0.4, -0.2) is 44.1 Å². The Bertz CT molecular complexity index is 1030. The lowest BCUT2D eigenvalue weighted by Gasteiger charge is -2.22. The maximum absolute atomic E-state index is 12.6. The molecule has 1 unspecified atom stereocenters. The van der Waals surface area contributed by atoms with Gasteiger partial charge in [-0.15, -0.1) is 0 Å². The number of nitrogens with zero attached hydrogens (tertiary/aromatic N) is 1. The molecule has 0 bridgehead atoms. The summed E-state index contributed by atoms with van der Waals surface area (Å²) in [5.74, 6) is -0.0669. The molecule has 1 saturated heterocycles. The van der Waals surface area contributed by atoms with Crippen LogP contribution in [-0.2, 0) is 26.2 Å². The summed E-state index contributed by atoms with van der Waals surface area (Å²) in [6.07, 6.45) is 1.52. The molecule has 2 aromatic rings. The highest BCUT2D eigenvalue weighted by molar-refractivity contribution is 7.89. The van der Waals surface area contributed by atoms with Crippen LogP contribution < -0.4 is 10.4 Å². The third-order valence-electron chi connectivity index (χ3n) is 4.70. The highest BCUT2D eigenvalue weighted by Crippen LogP contribution is 2.25. The summed E-state index contributed by atoms with van der Waals surface area (Å²) in [5, 5.41) is 0.620. The zero-order chi connectivity index (χ0) is 20.3. The molecule has 0 N–H and O–H groups in total. The zero-order valence-electron chi connectivity index (χ0n) is 15.8. The molecule has 1 aromatic carbocycles. The number of fused-ring (bicyclic) bond motifs is 1. The predicted molar refractivity (Wildman–Crippen MR) is 103 cm³/mol. The quantitative estimate of drug-likeness (QED) is 0.509. The van der Waals surface area contributed by atoms with Crippen LogP contribution >= 0.6 is 0 Å². The molecule has 8 nitrogen and oxygen atoms in total. The van der Waals surface area contributed by atoms with Crippen LogP contribution in [0.3, 0.4) is 0 Å². The number of sulfonamides is 1. The van der Waals surface area contributed by atoms with Crippen molar-refractivity contribution in [3.05, 3.63) is 40.2 Å². The van der Waals surface area contributed by atoms with Gasteiger partial charge in [0.15, 0.2) is 0 Å². The first-order chi connectivity index (χ1) is 13.4. The molecule has 1 atom stereocenters. The normalized spacial score (nSPS) is 17.7. The summed E-state index contributed by atoms with van der Waals surface area (Å²) in [6, 6.07) is 5.46. The van der Waals surface area contributed by atoms with E-state index in [1.165, 1.54) is 17.5 Å². The van der Waals surface area contributed by atoms with Crippen LogP contribution in [0.2, 0.25) is 0 Å². The van der Waals surface area contributed by atoms with Crippen molar-refractivity contribution in [2.45, 2.75) is 38.8 Å². The smallest absolute Gasteiger partial charge is 0.336 e. The van der Waals surface area contributed by atoms with Crippen molar-refractivity contribution in [1.29, 1.82) is 0 Å². The molecule has 0 radical (unpaired) electrons. The Morgan fingerprint density at radius 2 is 2.11 bits per heavy atom. The average molecular weight is 409 g/mol. The fourth-order valence-corrected chi connectivity index (χ4v) is 5.12. The molecule has 2 heterocycles. The van der Waals surface area contributed by atoms with Gasteiger partial charge in [-0.25, -0.2) is 13.2 Å². The third-order valence-corrected chi connectivity index (χ3v) is 6.78. The number of hydrogen-bond acceptors (Lipinski definition) is 7. The SMILES string of the molecule is CCCS(=O)(=O)N1CCCC1C(=O)OCc1cc(=O)oc2cc(OC)ccc12. The molecule has 1 aliphatic heterocycles. The van der Waals surface area contributed by atoms with Crippen molar-refractivity contribution in [1.82, 2.24) is 4.31 Å². The van der Waals surface area contributed by atoms with E-state index in [0.29, 0.717) is 48.1 Å². The summed E-state index contributed by atoms with van der Waals surface area (Å²) in [7, 11) is -1.98. The van der Waals surface area contributed by atoms with Gasteiger partial charge in [0.05, 0.1) is 12.9 Å². The molecule has 1 aliphatic rings. The van der Waals surface area contributed by atoms with Gasteiger partial charge in [0.1, 0.15) is 24.0 Å². The second-order valence-corrected chi connectivity index (χ2v) is 8.69. The van der Waals surface area contributed by atoms with Crippen molar-refractivity contribution < 1.29 is 27.1 Å². The minimum atomic E-state index is -3.48. The van der Waals surface area contributed by atoms with Gasteiger partial charge in [-0.05, 0) is 31.4 Å². The number of methoxy groups -OCH3 is 1. The van der Waals surface area contributed by atoms with E-state index in [4.69, 9.17) is 13.9 Å². The summed E-state index contributed by atoms with van der Waals surface area (Å²) in [4.78, 5) is 24.4. The Balaban J connectivity index is 1.78.